The smallest absolute Gasteiger partial charge is 0.0854 e. The van der Waals surface area contributed by atoms with Gasteiger partial charge in [0.25, 0.3) is 0 Å². The molecule has 0 aliphatic heterocycles. The maximum atomic E-state index is 4.23. The molecule has 0 aliphatic rings. The second-order valence-corrected chi connectivity index (χ2v) is 5.68. The molecule has 2 aromatic rings. The first-order chi connectivity index (χ1) is 9.15. The van der Waals surface area contributed by atoms with Gasteiger partial charge in [-0.2, -0.15) is 10.2 Å². The number of azo groups is 1. The van der Waals surface area contributed by atoms with Gasteiger partial charge in [-0.05, 0) is 64.6 Å². The molecule has 0 spiro atoms. The molecule has 0 unspecified atom stereocenters. The minimum atomic E-state index is 0.617. The van der Waals surface area contributed by atoms with E-state index in [1.807, 2.05) is 38.4 Å². The average molecular weight is 365 g/mol. The second-order valence-electron chi connectivity index (χ2n) is 4.44. The quantitative estimate of drug-likeness (QED) is 0.573. The predicted molar refractivity (Wildman–Crippen MR) is 88.1 cm³/mol. The Bertz CT molecular complexity index is 545. The minimum Gasteiger partial charge on any atom is -0.378 e. The van der Waals surface area contributed by atoms with Crippen molar-refractivity contribution in [1.29, 1.82) is 0 Å². The molecule has 2 rings (SSSR count). The fourth-order valence-electron chi connectivity index (χ4n) is 1.61. The molecule has 19 heavy (non-hydrogen) atoms. The number of benzene rings is 2. The van der Waals surface area contributed by atoms with Crippen molar-refractivity contribution >= 4 is 34.0 Å². The summed E-state index contributed by atoms with van der Waals surface area (Å²) in [5.41, 5.74) is 3.22. The molecule has 0 bridgehead atoms. The van der Waals surface area contributed by atoms with Gasteiger partial charge in [-0.3, -0.25) is 0 Å². The number of hydrogen-bond acceptors (Lipinski definition) is 3. The lowest BCUT2D eigenvalue weighted by Gasteiger charge is -2.11. The highest BCUT2D eigenvalue weighted by Gasteiger charge is 1.95. The lowest BCUT2D eigenvalue weighted by Crippen LogP contribution is -2.07. The molecule has 0 saturated carbocycles. The Morgan fingerprint density at radius 3 is 2.16 bits per heavy atom. The van der Waals surface area contributed by atoms with Gasteiger partial charge in [0, 0.05) is 23.4 Å². The maximum Gasteiger partial charge on any atom is 0.0854 e. The summed E-state index contributed by atoms with van der Waals surface area (Å²) in [7, 11) is 4.04. The predicted octanol–water partition coefficient (Wildman–Crippen LogP) is 4.64. The van der Waals surface area contributed by atoms with Crippen LogP contribution in [0.4, 0.5) is 11.4 Å². The summed E-state index contributed by atoms with van der Waals surface area (Å²) in [5.74, 6) is 0. The van der Waals surface area contributed by atoms with Gasteiger partial charge in [0.2, 0.25) is 0 Å². The highest BCUT2D eigenvalue weighted by atomic mass is 127. The summed E-state index contributed by atoms with van der Waals surface area (Å²) in [4.78, 5) is 2.06. The van der Waals surface area contributed by atoms with Crippen LogP contribution >= 0.6 is 22.6 Å². The average Bonchev–Trinajstić information content (AvgIpc) is 2.41. The zero-order valence-corrected chi connectivity index (χ0v) is 13.2. The van der Waals surface area contributed by atoms with Crippen molar-refractivity contribution in [2.75, 3.05) is 19.0 Å². The van der Waals surface area contributed by atoms with Gasteiger partial charge in [0.05, 0.1) is 12.2 Å². The second kappa shape index (κ2) is 6.65. The lowest BCUT2D eigenvalue weighted by atomic mass is 10.2. The van der Waals surface area contributed by atoms with Crippen molar-refractivity contribution in [3.8, 4) is 0 Å². The SMILES string of the molecule is CN(C)c1ccc(N=NCc2ccc(I)cc2)cc1. The molecular weight excluding hydrogens is 349 g/mol. The van der Waals surface area contributed by atoms with E-state index in [1.165, 1.54) is 9.13 Å². The highest BCUT2D eigenvalue weighted by molar-refractivity contribution is 14.1. The van der Waals surface area contributed by atoms with E-state index >= 15 is 0 Å². The molecule has 2 aromatic carbocycles. The van der Waals surface area contributed by atoms with Crippen LogP contribution in [-0.4, -0.2) is 14.1 Å². The van der Waals surface area contributed by atoms with Gasteiger partial charge in [0.1, 0.15) is 0 Å². The molecule has 0 radical (unpaired) electrons. The summed E-state index contributed by atoms with van der Waals surface area (Å²) in [6.07, 6.45) is 0. The normalized spacial score (nSPS) is 10.9. The van der Waals surface area contributed by atoms with Crippen LogP contribution in [0.25, 0.3) is 0 Å². The molecule has 98 valence electrons. The standard InChI is InChI=1S/C15H16IN3/c1-19(2)15-9-7-14(8-10-15)18-17-11-12-3-5-13(16)6-4-12/h3-10H,11H2,1-2H3. The molecule has 0 saturated heterocycles. The third-order valence-corrected chi connectivity index (χ3v) is 3.44. The maximum absolute atomic E-state index is 4.23. The van der Waals surface area contributed by atoms with E-state index in [1.54, 1.807) is 0 Å². The van der Waals surface area contributed by atoms with Crippen LogP contribution < -0.4 is 4.90 Å². The van der Waals surface area contributed by atoms with Crippen molar-refractivity contribution in [1.82, 2.24) is 0 Å². The summed E-state index contributed by atoms with van der Waals surface area (Å²) in [6.45, 7) is 0.617. The summed E-state index contributed by atoms with van der Waals surface area (Å²) in [5, 5.41) is 8.45. The molecule has 0 amide bonds. The number of anilines is 1. The zero-order valence-electron chi connectivity index (χ0n) is 11.0. The van der Waals surface area contributed by atoms with Gasteiger partial charge >= 0.3 is 0 Å². The number of hydrogen-bond donors (Lipinski definition) is 0. The van der Waals surface area contributed by atoms with Gasteiger partial charge in [-0.25, -0.2) is 0 Å². The molecule has 3 nitrogen and oxygen atoms in total. The Hall–Kier alpha value is -1.43. The van der Waals surface area contributed by atoms with Crippen molar-refractivity contribution in [2.45, 2.75) is 6.54 Å². The van der Waals surface area contributed by atoms with E-state index in [4.69, 9.17) is 0 Å². The van der Waals surface area contributed by atoms with E-state index < -0.39 is 0 Å². The Kier molecular flexibility index (Phi) is 4.90. The summed E-state index contributed by atoms with van der Waals surface area (Å²) >= 11 is 2.29. The van der Waals surface area contributed by atoms with Crippen LogP contribution in [-0.2, 0) is 6.54 Å². The highest BCUT2D eigenvalue weighted by Crippen LogP contribution is 2.18. The number of nitrogens with zero attached hydrogens (tertiary/aromatic N) is 3. The fraction of sp³-hybridized carbons (Fsp3) is 0.200. The Morgan fingerprint density at radius 1 is 0.947 bits per heavy atom. The van der Waals surface area contributed by atoms with Crippen LogP contribution in [0.2, 0.25) is 0 Å². The Labute approximate surface area is 127 Å². The van der Waals surface area contributed by atoms with Crippen molar-refractivity contribution in [3.63, 3.8) is 0 Å². The van der Waals surface area contributed by atoms with Crippen LogP contribution in [0, 0.1) is 3.57 Å². The van der Waals surface area contributed by atoms with Crippen LogP contribution in [0.15, 0.2) is 58.8 Å². The van der Waals surface area contributed by atoms with E-state index in [2.05, 4.69) is 62.0 Å². The van der Waals surface area contributed by atoms with Crippen molar-refractivity contribution in [2.24, 2.45) is 10.2 Å². The molecule has 0 atom stereocenters. The summed E-state index contributed by atoms with van der Waals surface area (Å²) in [6, 6.07) is 16.4. The van der Waals surface area contributed by atoms with Crippen LogP contribution in [0.5, 0.6) is 0 Å². The molecule has 0 heterocycles. The van der Waals surface area contributed by atoms with Crippen molar-refractivity contribution in [3.05, 3.63) is 57.7 Å². The van der Waals surface area contributed by atoms with Crippen LogP contribution in [0.1, 0.15) is 5.56 Å². The third kappa shape index (κ3) is 4.31. The number of halogens is 1. The van der Waals surface area contributed by atoms with E-state index in [0.717, 1.165) is 11.4 Å². The van der Waals surface area contributed by atoms with Gasteiger partial charge in [-0.15, -0.1) is 0 Å². The first-order valence-electron chi connectivity index (χ1n) is 6.04. The molecular formula is C15H16IN3. The molecule has 0 N–H and O–H groups in total. The minimum absolute atomic E-state index is 0.617. The number of rotatable bonds is 4. The van der Waals surface area contributed by atoms with E-state index in [-0.39, 0.29) is 0 Å². The third-order valence-electron chi connectivity index (χ3n) is 2.72. The van der Waals surface area contributed by atoms with E-state index in [0.29, 0.717) is 6.54 Å². The lowest BCUT2D eigenvalue weighted by molar-refractivity contribution is 0.958. The van der Waals surface area contributed by atoms with Gasteiger partial charge in [0.15, 0.2) is 0 Å². The topological polar surface area (TPSA) is 28.0 Å². The van der Waals surface area contributed by atoms with Crippen molar-refractivity contribution < 1.29 is 0 Å². The van der Waals surface area contributed by atoms with Gasteiger partial charge in [-0.1, -0.05) is 12.1 Å². The monoisotopic (exact) mass is 365 g/mol. The molecule has 0 aliphatic carbocycles. The van der Waals surface area contributed by atoms with Crippen LogP contribution in [0.3, 0.4) is 0 Å². The molecule has 0 fully saturated rings. The largest absolute Gasteiger partial charge is 0.378 e. The Morgan fingerprint density at radius 2 is 1.58 bits per heavy atom. The molecule has 0 aromatic heterocycles. The zero-order chi connectivity index (χ0) is 13.7. The fourth-order valence-corrected chi connectivity index (χ4v) is 1.97. The van der Waals surface area contributed by atoms with Gasteiger partial charge < -0.3 is 4.90 Å². The first-order valence-corrected chi connectivity index (χ1v) is 7.12. The summed E-state index contributed by atoms with van der Waals surface area (Å²) < 4.78 is 1.23. The Balaban J connectivity index is 1.97. The molecule has 4 heteroatoms. The first kappa shape index (κ1) is 14.0. The van der Waals surface area contributed by atoms with E-state index in [9.17, 15) is 0 Å².